The van der Waals surface area contributed by atoms with E-state index < -0.39 is 0 Å². The minimum absolute atomic E-state index is 0.0726. The van der Waals surface area contributed by atoms with E-state index in [4.69, 9.17) is 0 Å². The Labute approximate surface area is 153 Å². The molecule has 7 heteroatoms. The second kappa shape index (κ2) is 6.30. The van der Waals surface area contributed by atoms with Gasteiger partial charge in [0.15, 0.2) is 0 Å². The highest BCUT2D eigenvalue weighted by Gasteiger charge is 2.51. The molecule has 26 heavy (non-hydrogen) atoms. The van der Waals surface area contributed by atoms with Crippen LogP contribution in [0.3, 0.4) is 0 Å². The van der Waals surface area contributed by atoms with Crippen molar-refractivity contribution < 1.29 is 9.59 Å². The second-order valence-corrected chi connectivity index (χ2v) is 7.47. The summed E-state index contributed by atoms with van der Waals surface area (Å²) in [7, 11) is 1.95. The van der Waals surface area contributed by atoms with Crippen LogP contribution in [0.5, 0.6) is 0 Å². The maximum Gasteiger partial charge on any atom is 0.271 e. The number of amides is 2. The van der Waals surface area contributed by atoms with Crippen molar-refractivity contribution in [1.29, 1.82) is 0 Å². The lowest BCUT2D eigenvalue weighted by molar-refractivity contribution is -0.135. The largest absolute Gasteiger partial charge is 0.349 e. The van der Waals surface area contributed by atoms with E-state index >= 15 is 0 Å². The zero-order valence-electron chi connectivity index (χ0n) is 15.4. The van der Waals surface area contributed by atoms with Gasteiger partial charge >= 0.3 is 0 Å². The summed E-state index contributed by atoms with van der Waals surface area (Å²) >= 11 is 0. The molecular formula is C19H25N5O2. The number of carbonyl (C=O) groups is 2. The topological polar surface area (TPSA) is 74.2 Å². The lowest BCUT2D eigenvalue weighted by atomic mass is 9.85. The Bertz CT molecular complexity index is 839. The molecule has 0 aromatic carbocycles. The number of carbonyl (C=O) groups excluding carboxylic acids is 2. The summed E-state index contributed by atoms with van der Waals surface area (Å²) in [5, 5.41) is 7.15. The summed E-state index contributed by atoms with van der Waals surface area (Å²) in [5.74, 6) is 0.153. The molecule has 0 bridgehead atoms. The van der Waals surface area contributed by atoms with E-state index in [0.29, 0.717) is 18.8 Å². The van der Waals surface area contributed by atoms with Crippen LogP contribution in [-0.2, 0) is 11.8 Å². The molecule has 4 rings (SSSR count). The molecule has 138 valence electrons. The van der Waals surface area contributed by atoms with Crippen molar-refractivity contribution in [2.75, 3.05) is 26.2 Å². The van der Waals surface area contributed by atoms with Crippen molar-refractivity contribution in [2.45, 2.75) is 26.2 Å². The Morgan fingerprint density at radius 2 is 2.15 bits per heavy atom. The number of H-pyrrole nitrogens is 1. The molecule has 2 saturated heterocycles. The molecule has 2 fully saturated rings. The summed E-state index contributed by atoms with van der Waals surface area (Å²) in [4.78, 5) is 29.4. The van der Waals surface area contributed by atoms with E-state index in [1.54, 1.807) is 11.0 Å². The lowest BCUT2D eigenvalue weighted by Gasteiger charge is -2.23. The van der Waals surface area contributed by atoms with Gasteiger partial charge in [0.1, 0.15) is 11.4 Å². The van der Waals surface area contributed by atoms with Crippen LogP contribution in [0.15, 0.2) is 24.4 Å². The number of nitrogens with zero attached hydrogens (tertiary/aromatic N) is 4. The Kier molecular flexibility index (Phi) is 4.09. The van der Waals surface area contributed by atoms with Gasteiger partial charge in [-0.15, -0.1) is 0 Å². The maximum atomic E-state index is 12.9. The van der Waals surface area contributed by atoms with Crippen molar-refractivity contribution in [1.82, 2.24) is 24.6 Å². The highest BCUT2D eigenvalue weighted by Crippen LogP contribution is 2.41. The molecular weight excluding hydrogens is 330 g/mol. The number of likely N-dealkylation sites (tertiary alicyclic amines) is 2. The third-order valence-electron chi connectivity index (χ3n) is 5.75. The highest BCUT2D eigenvalue weighted by molar-refractivity contribution is 5.95. The number of hydrogen-bond donors (Lipinski definition) is 1. The molecule has 2 aliphatic rings. The van der Waals surface area contributed by atoms with E-state index in [9.17, 15) is 9.59 Å². The molecule has 1 unspecified atom stereocenters. The number of aromatic amines is 1. The van der Waals surface area contributed by atoms with Gasteiger partial charge in [-0.2, -0.15) is 5.10 Å². The third kappa shape index (κ3) is 2.62. The normalized spacial score (nSPS) is 22.8. The molecule has 1 N–H and O–H groups in total. The van der Waals surface area contributed by atoms with Gasteiger partial charge in [-0.3, -0.25) is 14.7 Å². The van der Waals surface area contributed by atoms with Crippen molar-refractivity contribution in [2.24, 2.45) is 12.5 Å². The van der Waals surface area contributed by atoms with Crippen LogP contribution in [0.25, 0.3) is 11.4 Å². The molecule has 2 amide bonds. The van der Waals surface area contributed by atoms with Gasteiger partial charge in [0.05, 0.1) is 11.1 Å². The van der Waals surface area contributed by atoms with Crippen LogP contribution in [0.4, 0.5) is 0 Å². The third-order valence-corrected chi connectivity index (χ3v) is 5.75. The Balaban J connectivity index is 1.48. The van der Waals surface area contributed by atoms with Crippen molar-refractivity contribution in [3.05, 3.63) is 30.1 Å². The van der Waals surface area contributed by atoms with Crippen LogP contribution < -0.4 is 0 Å². The van der Waals surface area contributed by atoms with Gasteiger partial charge in [0.25, 0.3) is 5.91 Å². The van der Waals surface area contributed by atoms with Crippen molar-refractivity contribution in [3.8, 4) is 11.4 Å². The molecule has 2 aromatic rings. The van der Waals surface area contributed by atoms with E-state index in [1.807, 2.05) is 34.8 Å². The number of rotatable bonds is 4. The highest BCUT2D eigenvalue weighted by atomic mass is 16.2. The summed E-state index contributed by atoms with van der Waals surface area (Å²) in [6, 6.07) is 5.71. The summed E-state index contributed by atoms with van der Waals surface area (Å²) in [5.41, 5.74) is 1.82. The Hall–Kier alpha value is -2.57. The van der Waals surface area contributed by atoms with E-state index in [0.717, 1.165) is 43.7 Å². The van der Waals surface area contributed by atoms with Crippen LogP contribution in [0.2, 0.25) is 0 Å². The predicted molar refractivity (Wildman–Crippen MR) is 97.4 cm³/mol. The monoisotopic (exact) mass is 355 g/mol. The van der Waals surface area contributed by atoms with Gasteiger partial charge in [-0.1, -0.05) is 6.92 Å². The van der Waals surface area contributed by atoms with Gasteiger partial charge < -0.3 is 14.4 Å². The molecule has 0 aliphatic carbocycles. The van der Waals surface area contributed by atoms with E-state index in [-0.39, 0.29) is 17.2 Å². The second-order valence-electron chi connectivity index (χ2n) is 7.47. The number of aryl methyl sites for hydroxylation is 1. The SMILES string of the molecule is CCCN1CCC2(CCN(C(=O)c3cc(-c4cccn4C)n[nH]3)C2)C1=O. The van der Waals surface area contributed by atoms with Crippen LogP contribution in [-0.4, -0.2) is 62.6 Å². The molecule has 2 aromatic heterocycles. The summed E-state index contributed by atoms with van der Waals surface area (Å²) in [6.07, 6.45) is 4.54. The molecule has 1 spiro atoms. The summed E-state index contributed by atoms with van der Waals surface area (Å²) in [6.45, 7) is 4.86. The number of hydrogen-bond acceptors (Lipinski definition) is 3. The predicted octanol–water partition coefficient (Wildman–Crippen LogP) is 1.89. The van der Waals surface area contributed by atoms with Gasteiger partial charge in [0.2, 0.25) is 5.91 Å². The minimum atomic E-state index is -0.369. The fourth-order valence-electron chi connectivity index (χ4n) is 4.26. The standard InChI is InChI=1S/C19H25N5O2/c1-3-8-23-10-6-19(18(23)26)7-11-24(13-19)17(25)15-12-14(20-21-15)16-5-4-9-22(16)2/h4-5,9,12H,3,6-8,10-11,13H2,1-2H3,(H,20,21). The summed E-state index contributed by atoms with van der Waals surface area (Å²) < 4.78 is 1.97. The Morgan fingerprint density at radius 1 is 1.35 bits per heavy atom. The smallest absolute Gasteiger partial charge is 0.271 e. The van der Waals surface area contributed by atoms with Gasteiger partial charge in [-0.25, -0.2) is 0 Å². The van der Waals surface area contributed by atoms with Gasteiger partial charge in [0, 0.05) is 39.4 Å². The Morgan fingerprint density at radius 3 is 2.88 bits per heavy atom. The lowest BCUT2D eigenvalue weighted by Crippen LogP contribution is -2.38. The molecule has 1 atom stereocenters. The average molecular weight is 355 g/mol. The number of aromatic nitrogens is 3. The van der Waals surface area contributed by atoms with Crippen molar-refractivity contribution in [3.63, 3.8) is 0 Å². The molecule has 0 saturated carbocycles. The van der Waals surface area contributed by atoms with E-state index in [1.165, 1.54) is 0 Å². The quantitative estimate of drug-likeness (QED) is 0.910. The maximum absolute atomic E-state index is 12.9. The molecule has 4 heterocycles. The van der Waals surface area contributed by atoms with Crippen molar-refractivity contribution >= 4 is 11.8 Å². The van der Waals surface area contributed by atoms with Gasteiger partial charge in [-0.05, 0) is 37.5 Å². The molecule has 0 radical (unpaired) electrons. The first-order chi connectivity index (χ1) is 12.5. The fourth-order valence-corrected chi connectivity index (χ4v) is 4.26. The van der Waals surface area contributed by atoms with E-state index in [2.05, 4.69) is 17.1 Å². The number of nitrogens with one attached hydrogen (secondary N) is 1. The van der Waals surface area contributed by atoms with Crippen LogP contribution >= 0.6 is 0 Å². The first kappa shape index (κ1) is 16.9. The zero-order valence-corrected chi connectivity index (χ0v) is 15.4. The molecule has 7 nitrogen and oxygen atoms in total. The first-order valence-electron chi connectivity index (χ1n) is 9.30. The molecule has 2 aliphatic heterocycles. The average Bonchev–Trinajstić information content (AvgIpc) is 3.40. The zero-order chi connectivity index (χ0) is 18.3. The first-order valence-corrected chi connectivity index (χ1v) is 9.30. The van der Waals surface area contributed by atoms with Crippen LogP contribution in [0, 0.1) is 5.41 Å². The fraction of sp³-hybridized carbons (Fsp3) is 0.526. The van der Waals surface area contributed by atoms with Crippen LogP contribution in [0.1, 0.15) is 36.7 Å². The minimum Gasteiger partial charge on any atom is -0.349 e.